The Morgan fingerprint density at radius 1 is 1.44 bits per heavy atom. The van der Waals surface area contributed by atoms with Gasteiger partial charge < -0.3 is 4.57 Å². The predicted octanol–water partition coefficient (Wildman–Crippen LogP) is -0.113. The number of nitrogens with one attached hydrogen (secondary N) is 1. The summed E-state index contributed by atoms with van der Waals surface area (Å²) in [5.41, 5.74) is 0.623. The highest BCUT2D eigenvalue weighted by atomic mass is 16.2. The van der Waals surface area contributed by atoms with E-state index in [4.69, 9.17) is 6.42 Å². The number of carbonyl (C=O) groups excluding carboxylic acids is 2. The van der Waals surface area contributed by atoms with Crippen molar-refractivity contribution >= 4 is 11.8 Å². The summed E-state index contributed by atoms with van der Waals surface area (Å²) in [5, 5.41) is 2.23. The van der Waals surface area contributed by atoms with Gasteiger partial charge in [0.05, 0.1) is 5.92 Å². The monoisotopic (exact) mass is 244 g/mol. The Kier molecular flexibility index (Phi) is 3.02. The minimum Gasteiger partial charge on any atom is -0.317 e. The maximum Gasteiger partial charge on any atom is 0.254 e. The van der Waals surface area contributed by atoms with E-state index in [2.05, 4.69) is 11.2 Å². The van der Waals surface area contributed by atoms with Crippen molar-refractivity contribution in [1.82, 2.24) is 9.88 Å². The van der Waals surface area contributed by atoms with E-state index in [1.807, 2.05) is 0 Å². The van der Waals surface area contributed by atoms with Crippen LogP contribution in [0.1, 0.15) is 29.9 Å². The lowest BCUT2D eigenvalue weighted by Gasteiger charge is -2.21. The van der Waals surface area contributed by atoms with Gasteiger partial charge in [-0.05, 0) is 12.5 Å². The normalized spacial score (nSPS) is 19.2. The molecule has 1 aromatic heterocycles. The fourth-order valence-electron chi connectivity index (χ4n) is 2.06. The van der Waals surface area contributed by atoms with Crippen LogP contribution in [-0.2, 0) is 16.6 Å². The van der Waals surface area contributed by atoms with Crippen molar-refractivity contribution < 1.29 is 9.59 Å². The summed E-state index contributed by atoms with van der Waals surface area (Å²) in [7, 11) is 1.58. The van der Waals surface area contributed by atoms with Crippen LogP contribution in [0.5, 0.6) is 0 Å². The zero-order valence-electron chi connectivity index (χ0n) is 9.90. The minimum atomic E-state index is -0.602. The van der Waals surface area contributed by atoms with Crippen molar-refractivity contribution in [3.8, 4) is 12.3 Å². The summed E-state index contributed by atoms with van der Waals surface area (Å²) in [4.78, 5) is 34.8. The zero-order chi connectivity index (χ0) is 13.3. The molecule has 1 aromatic rings. The SMILES string of the molecule is C#Cc1cc(C2CCC(=O)NC2=O)c(=O)n(C)c1. The van der Waals surface area contributed by atoms with Crippen LogP contribution in [0.3, 0.4) is 0 Å². The number of rotatable bonds is 1. The maximum atomic E-state index is 12.0. The molecule has 1 aliphatic heterocycles. The van der Waals surface area contributed by atoms with E-state index in [0.29, 0.717) is 17.5 Å². The molecule has 1 fully saturated rings. The molecule has 1 atom stereocenters. The summed E-state index contributed by atoms with van der Waals surface area (Å²) < 4.78 is 1.36. The molecule has 92 valence electrons. The molecule has 1 saturated heterocycles. The molecule has 2 heterocycles. The van der Waals surface area contributed by atoms with Crippen LogP contribution in [0.25, 0.3) is 0 Å². The van der Waals surface area contributed by atoms with Crippen molar-refractivity contribution in [1.29, 1.82) is 0 Å². The number of imide groups is 1. The molecule has 0 spiro atoms. The van der Waals surface area contributed by atoms with Crippen LogP contribution in [0, 0.1) is 12.3 Å². The Bertz CT molecular complexity index is 622. The molecular formula is C13H12N2O3. The molecule has 0 bridgehead atoms. The molecule has 2 amide bonds. The number of carbonyl (C=O) groups is 2. The second-order valence-electron chi connectivity index (χ2n) is 4.25. The number of terminal acetylenes is 1. The zero-order valence-corrected chi connectivity index (χ0v) is 9.90. The van der Waals surface area contributed by atoms with Gasteiger partial charge in [-0.25, -0.2) is 0 Å². The van der Waals surface area contributed by atoms with Gasteiger partial charge >= 0.3 is 0 Å². The van der Waals surface area contributed by atoms with Gasteiger partial charge in [0.2, 0.25) is 11.8 Å². The van der Waals surface area contributed by atoms with Crippen molar-refractivity contribution in [2.75, 3.05) is 0 Å². The Balaban J connectivity index is 2.48. The van der Waals surface area contributed by atoms with E-state index in [0.717, 1.165) is 0 Å². The van der Waals surface area contributed by atoms with Gasteiger partial charge in [0.1, 0.15) is 0 Å². The predicted molar refractivity (Wildman–Crippen MR) is 64.7 cm³/mol. The Labute approximate surface area is 104 Å². The molecule has 1 N–H and O–H groups in total. The Morgan fingerprint density at radius 3 is 2.78 bits per heavy atom. The average molecular weight is 244 g/mol. The van der Waals surface area contributed by atoms with Crippen molar-refractivity contribution in [2.45, 2.75) is 18.8 Å². The summed E-state index contributed by atoms with van der Waals surface area (Å²) in [5.74, 6) is 1.10. The number of aromatic nitrogens is 1. The highest BCUT2D eigenvalue weighted by molar-refractivity contribution is 6.00. The largest absolute Gasteiger partial charge is 0.317 e. The average Bonchev–Trinajstić information content (AvgIpc) is 2.33. The first kappa shape index (κ1) is 12.1. The van der Waals surface area contributed by atoms with Crippen molar-refractivity contribution in [3.05, 3.63) is 33.7 Å². The van der Waals surface area contributed by atoms with Crippen LogP contribution < -0.4 is 10.9 Å². The minimum absolute atomic E-state index is 0.236. The number of aryl methyl sites for hydroxylation is 1. The molecule has 1 unspecified atom stereocenters. The molecule has 18 heavy (non-hydrogen) atoms. The summed E-state index contributed by atoms with van der Waals surface area (Å²) in [6, 6.07) is 1.54. The second kappa shape index (κ2) is 4.49. The highest BCUT2D eigenvalue weighted by Crippen LogP contribution is 2.22. The first-order valence-corrected chi connectivity index (χ1v) is 5.54. The second-order valence-corrected chi connectivity index (χ2v) is 4.25. The van der Waals surface area contributed by atoms with E-state index in [9.17, 15) is 14.4 Å². The summed E-state index contributed by atoms with van der Waals surface area (Å²) in [6.45, 7) is 0. The van der Waals surface area contributed by atoms with Gasteiger partial charge in [0.25, 0.3) is 5.56 Å². The first-order chi connectivity index (χ1) is 8.52. The molecule has 2 rings (SSSR count). The van der Waals surface area contributed by atoms with Crippen molar-refractivity contribution in [3.63, 3.8) is 0 Å². The third-order valence-electron chi connectivity index (χ3n) is 2.99. The maximum absolute atomic E-state index is 12.0. The van der Waals surface area contributed by atoms with Gasteiger partial charge in [-0.3, -0.25) is 19.7 Å². The number of pyridine rings is 1. The topological polar surface area (TPSA) is 68.2 Å². The fourth-order valence-corrected chi connectivity index (χ4v) is 2.06. The van der Waals surface area contributed by atoms with Gasteiger partial charge in [-0.15, -0.1) is 6.42 Å². The Hall–Kier alpha value is -2.35. The lowest BCUT2D eigenvalue weighted by atomic mass is 9.90. The van der Waals surface area contributed by atoms with Gasteiger partial charge in [0, 0.05) is 30.8 Å². The number of hydrogen-bond acceptors (Lipinski definition) is 3. The summed E-state index contributed by atoms with van der Waals surface area (Å²) >= 11 is 0. The van der Waals surface area contributed by atoms with Crippen LogP contribution in [0.2, 0.25) is 0 Å². The Morgan fingerprint density at radius 2 is 2.17 bits per heavy atom. The van der Waals surface area contributed by atoms with Gasteiger partial charge in [-0.2, -0.15) is 0 Å². The van der Waals surface area contributed by atoms with E-state index in [-0.39, 0.29) is 17.9 Å². The van der Waals surface area contributed by atoms with Crippen LogP contribution in [0.4, 0.5) is 0 Å². The smallest absolute Gasteiger partial charge is 0.254 e. The standard InChI is InChI=1S/C13H12N2O3/c1-3-8-6-10(13(18)15(2)7-8)9-4-5-11(16)14-12(9)17/h1,6-7,9H,4-5H2,2H3,(H,14,16,17). The highest BCUT2D eigenvalue weighted by Gasteiger charge is 2.30. The summed E-state index contributed by atoms with van der Waals surface area (Å²) in [6.07, 6.45) is 7.42. The molecule has 5 heteroatoms. The molecule has 0 aliphatic carbocycles. The number of nitrogens with zero attached hydrogens (tertiary/aromatic N) is 1. The molecular weight excluding hydrogens is 232 g/mol. The molecule has 0 saturated carbocycles. The van der Waals surface area contributed by atoms with Crippen LogP contribution >= 0.6 is 0 Å². The van der Waals surface area contributed by atoms with Crippen molar-refractivity contribution in [2.24, 2.45) is 7.05 Å². The quantitative estimate of drug-likeness (QED) is 0.553. The third-order valence-corrected chi connectivity index (χ3v) is 2.99. The van der Waals surface area contributed by atoms with E-state index in [1.165, 1.54) is 10.8 Å². The molecule has 5 nitrogen and oxygen atoms in total. The number of piperidine rings is 1. The lowest BCUT2D eigenvalue weighted by molar-refractivity contribution is -0.134. The van der Waals surface area contributed by atoms with Crippen LogP contribution in [0.15, 0.2) is 17.1 Å². The van der Waals surface area contributed by atoms with E-state index >= 15 is 0 Å². The third kappa shape index (κ3) is 2.05. The lowest BCUT2D eigenvalue weighted by Crippen LogP contribution is -2.41. The fraction of sp³-hybridized carbons (Fsp3) is 0.308. The first-order valence-electron chi connectivity index (χ1n) is 5.54. The molecule has 1 aliphatic rings. The van der Waals surface area contributed by atoms with Crippen LogP contribution in [-0.4, -0.2) is 16.4 Å². The van der Waals surface area contributed by atoms with E-state index < -0.39 is 11.8 Å². The van der Waals surface area contributed by atoms with E-state index in [1.54, 1.807) is 13.1 Å². The van der Waals surface area contributed by atoms with Gasteiger partial charge in [-0.1, -0.05) is 5.92 Å². The number of amides is 2. The molecule has 0 radical (unpaired) electrons. The molecule has 0 aromatic carbocycles. The number of hydrogen-bond donors (Lipinski definition) is 1. The van der Waals surface area contributed by atoms with Gasteiger partial charge in [0.15, 0.2) is 0 Å².